The van der Waals surface area contributed by atoms with Gasteiger partial charge in [-0.05, 0) is 32.0 Å². The van der Waals surface area contributed by atoms with Crippen molar-refractivity contribution in [3.8, 4) is 12.1 Å². The summed E-state index contributed by atoms with van der Waals surface area (Å²) in [6, 6.07) is 8.87. The van der Waals surface area contributed by atoms with Crippen molar-refractivity contribution in [2.24, 2.45) is 0 Å². The van der Waals surface area contributed by atoms with Gasteiger partial charge >= 0.3 is 0 Å². The zero-order valence-corrected chi connectivity index (χ0v) is 11.3. The molecule has 19 heavy (non-hydrogen) atoms. The Morgan fingerprint density at radius 1 is 1.32 bits per heavy atom. The van der Waals surface area contributed by atoms with E-state index in [9.17, 15) is 4.79 Å². The van der Waals surface area contributed by atoms with E-state index in [0.29, 0.717) is 16.8 Å². The van der Waals surface area contributed by atoms with Gasteiger partial charge in [-0.1, -0.05) is 0 Å². The number of rotatable bonds is 4. The number of nitriles is 2. The Bertz CT molecular complexity index is 552. The molecule has 0 saturated heterocycles. The summed E-state index contributed by atoms with van der Waals surface area (Å²) in [4.78, 5) is 13.4. The van der Waals surface area contributed by atoms with Gasteiger partial charge in [-0.15, -0.1) is 0 Å². The smallest absolute Gasteiger partial charge is 0.241 e. The van der Waals surface area contributed by atoms with Gasteiger partial charge in [-0.3, -0.25) is 4.79 Å². The first-order valence-corrected chi connectivity index (χ1v) is 5.93. The Morgan fingerprint density at radius 2 is 1.95 bits per heavy atom. The van der Waals surface area contributed by atoms with Gasteiger partial charge in [0, 0.05) is 18.8 Å². The van der Waals surface area contributed by atoms with Gasteiger partial charge in [0.15, 0.2) is 0 Å². The molecular formula is C14H16N4O. The zero-order valence-electron chi connectivity index (χ0n) is 11.3. The van der Waals surface area contributed by atoms with E-state index in [0.717, 1.165) is 0 Å². The van der Waals surface area contributed by atoms with Crippen molar-refractivity contribution >= 4 is 11.6 Å². The van der Waals surface area contributed by atoms with Crippen LogP contribution in [-0.4, -0.2) is 30.4 Å². The third-order valence-corrected chi connectivity index (χ3v) is 2.87. The van der Waals surface area contributed by atoms with Crippen LogP contribution in [0.3, 0.4) is 0 Å². The molecule has 1 amide bonds. The first-order valence-electron chi connectivity index (χ1n) is 5.93. The molecule has 0 unspecified atom stereocenters. The van der Waals surface area contributed by atoms with Gasteiger partial charge < -0.3 is 10.2 Å². The second-order valence-electron chi connectivity index (χ2n) is 4.44. The Morgan fingerprint density at radius 3 is 2.47 bits per heavy atom. The molecule has 1 aromatic rings. The van der Waals surface area contributed by atoms with Crippen LogP contribution in [0, 0.1) is 22.7 Å². The minimum Gasteiger partial charge on any atom is -0.376 e. The standard InChI is InChI=1S/C14H16N4O/c1-10(2)18(3)14(19)9-17-13-5-4-11(7-15)12(6-13)8-16/h4-6,10,17H,9H2,1-3H3. The molecule has 0 aromatic heterocycles. The quantitative estimate of drug-likeness (QED) is 0.889. The second-order valence-corrected chi connectivity index (χ2v) is 4.44. The summed E-state index contributed by atoms with van der Waals surface area (Å²) in [6.07, 6.45) is 0. The lowest BCUT2D eigenvalue weighted by atomic mass is 10.1. The summed E-state index contributed by atoms with van der Waals surface area (Å²) < 4.78 is 0. The van der Waals surface area contributed by atoms with Crippen molar-refractivity contribution in [2.45, 2.75) is 19.9 Å². The van der Waals surface area contributed by atoms with Crippen molar-refractivity contribution in [1.82, 2.24) is 4.90 Å². The molecule has 1 N–H and O–H groups in total. The summed E-state index contributed by atoms with van der Waals surface area (Å²) in [5.41, 5.74) is 1.29. The van der Waals surface area contributed by atoms with E-state index in [4.69, 9.17) is 10.5 Å². The molecule has 0 spiro atoms. The minimum atomic E-state index is -0.0298. The van der Waals surface area contributed by atoms with Gasteiger partial charge in [-0.25, -0.2) is 0 Å². The minimum absolute atomic E-state index is 0.0298. The summed E-state index contributed by atoms with van der Waals surface area (Å²) >= 11 is 0. The van der Waals surface area contributed by atoms with Crippen LogP contribution in [0.5, 0.6) is 0 Å². The van der Waals surface area contributed by atoms with E-state index in [-0.39, 0.29) is 18.5 Å². The van der Waals surface area contributed by atoms with Crippen molar-refractivity contribution in [3.63, 3.8) is 0 Å². The van der Waals surface area contributed by atoms with Gasteiger partial charge in [0.05, 0.1) is 17.7 Å². The number of benzene rings is 1. The van der Waals surface area contributed by atoms with E-state index in [2.05, 4.69) is 5.32 Å². The predicted octanol–water partition coefficient (Wildman–Crippen LogP) is 1.71. The van der Waals surface area contributed by atoms with Crippen LogP contribution in [-0.2, 0) is 4.79 Å². The molecule has 1 rings (SSSR count). The number of carbonyl (C=O) groups is 1. The van der Waals surface area contributed by atoms with Gasteiger partial charge in [0.25, 0.3) is 0 Å². The number of hydrogen-bond donors (Lipinski definition) is 1. The van der Waals surface area contributed by atoms with Crippen LogP contribution in [0.15, 0.2) is 18.2 Å². The van der Waals surface area contributed by atoms with Gasteiger partial charge in [0.1, 0.15) is 12.1 Å². The third kappa shape index (κ3) is 3.72. The number of nitrogens with zero attached hydrogens (tertiary/aromatic N) is 3. The largest absolute Gasteiger partial charge is 0.376 e. The number of likely N-dealkylation sites (N-methyl/N-ethyl adjacent to an activating group) is 1. The van der Waals surface area contributed by atoms with E-state index in [1.807, 2.05) is 26.0 Å². The molecule has 0 bridgehead atoms. The van der Waals surface area contributed by atoms with Crippen LogP contribution in [0.25, 0.3) is 0 Å². The van der Waals surface area contributed by atoms with Crippen molar-refractivity contribution in [3.05, 3.63) is 29.3 Å². The fraction of sp³-hybridized carbons (Fsp3) is 0.357. The number of nitrogens with one attached hydrogen (secondary N) is 1. The topological polar surface area (TPSA) is 79.9 Å². The lowest BCUT2D eigenvalue weighted by molar-refractivity contribution is -0.129. The monoisotopic (exact) mass is 256 g/mol. The molecule has 0 heterocycles. The summed E-state index contributed by atoms with van der Waals surface area (Å²) in [5, 5.41) is 20.7. The van der Waals surface area contributed by atoms with E-state index >= 15 is 0 Å². The van der Waals surface area contributed by atoms with Crippen molar-refractivity contribution < 1.29 is 4.79 Å². The number of carbonyl (C=O) groups excluding carboxylic acids is 1. The summed E-state index contributed by atoms with van der Waals surface area (Å²) in [7, 11) is 1.74. The molecular weight excluding hydrogens is 240 g/mol. The maximum atomic E-state index is 11.8. The molecule has 5 heteroatoms. The molecule has 0 atom stereocenters. The van der Waals surface area contributed by atoms with Crippen LogP contribution in [0.4, 0.5) is 5.69 Å². The first-order chi connectivity index (χ1) is 8.99. The average molecular weight is 256 g/mol. The molecule has 5 nitrogen and oxygen atoms in total. The highest BCUT2D eigenvalue weighted by molar-refractivity contribution is 5.81. The molecule has 0 aliphatic rings. The highest BCUT2D eigenvalue weighted by Gasteiger charge is 2.11. The highest BCUT2D eigenvalue weighted by Crippen LogP contribution is 2.14. The summed E-state index contributed by atoms with van der Waals surface area (Å²) in [5.74, 6) is -0.0298. The zero-order chi connectivity index (χ0) is 14.4. The number of amides is 1. The number of hydrogen-bond acceptors (Lipinski definition) is 4. The molecule has 0 radical (unpaired) electrons. The van der Waals surface area contributed by atoms with Gasteiger partial charge in [0.2, 0.25) is 5.91 Å². The molecule has 98 valence electrons. The van der Waals surface area contributed by atoms with E-state index in [1.54, 1.807) is 30.1 Å². The highest BCUT2D eigenvalue weighted by atomic mass is 16.2. The fourth-order valence-electron chi connectivity index (χ4n) is 1.43. The SMILES string of the molecule is CC(C)N(C)C(=O)CNc1ccc(C#N)c(C#N)c1. The van der Waals surface area contributed by atoms with Crippen LogP contribution < -0.4 is 5.32 Å². The van der Waals surface area contributed by atoms with Crippen LogP contribution in [0.2, 0.25) is 0 Å². The summed E-state index contributed by atoms with van der Waals surface area (Å²) in [6.45, 7) is 4.03. The molecule has 0 fully saturated rings. The van der Waals surface area contributed by atoms with Crippen LogP contribution in [0.1, 0.15) is 25.0 Å². The van der Waals surface area contributed by atoms with Crippen molar-refractivity contribution in [2.75, 3.05) is 18.9 Å². The number of anilines is 1. The Hall–Kier alpha value is -2.53. The molecule has 0 aliphatic heterocycles. The lowest BCUT2D eigenvalue weighted by Gasteiger charge is -2.21. The maximum Gasteiger partial charge on any atom is 0.241 e. The average Bonchev–Trinajstić information content (AvgIpc) is 2.43. The van der Waals surface area contributed by atoms with E-state index < -0.39 is 0 Å². The Labute approximate surface area is 113 Å². The molecule has 0 aliphatic carbocycles. The Kier molecular flexibility index (Phi) is 4.91. The maximum absolute atomic E-state index is 11.8. The van der Waals surface area contributed by atoms with Crippen molar-refractivity contribution in [1.29, 1.82) is 10.5 Å². The lowest BCUT2D eigenvalue weighted by Crippen LogP contribution is -2.37. The third-order valence-electron chi connectivity index (χ3n) is 2.87. The Balaban J connectivity index is 2.73. The van der Waals surface area contributed by atoms with Gasteiger partial charge in [-0.2, -0.15) is 10.5 Å². The van der Waals surface area contributed by atoms with E-state index in [1.165, 1.54) is 0 Å². The molecule has 0 saturated carbocycles. The first kappa shape index (κ1) is 14.5. The van der Waals surface area contributed by atoms with Crippen LogP contribution >= 0.6 is 0 Å². The second kappa shape index (κ2) is 6.42. The molecule has 1 aromatic carbocycles. The predicted molar refractivity (Wildman–Crippen MR) is 72.3 cm³/mol. The normalized spacial score (nSPS) is 9.58. The fourth-order valence-corrected chi connectivity index (χ4v) is 1.43.